The maximum absolute atomic E-state index is 12.1. The zero-order chi connectivity index (χ0) is 14.0. The molecule has 1 aromatic carbocycles. The van der Waals surface area contributed by atoms with Crippen LogP contribution < -0.4 is 5.32 Å². The fourth-order valence-electron chi connectivity index (χ4n) is 1.59. The van der Waals surface area contributed by atoms with Gasteiger partial charge in [-0.3, -0.25) is 10.1 Å². The first-order valence-corrected chi connectivity index (χ1v) is 6.73. The smallest absolute Gasteiger partial charge is 0.286 e. The Labute approximate surface area is 110 Å². The van der Waals surface area contributed by atoms with E-state index in [9.17, 15) is 13.2 Å². The average molecular weight is 278 g/mol. The lowest BCUT2D eigenvalue weighted by molar-refractivity contribution is -0.118. The quantitative estimate of drug-likeness (QED) is 0.797. The Balaban J connectivity index is 2.47. The molecule has 0 aliphatic carbocycles. The Morgan fingerprint density at radius 1 is 1.42 bits per heavy atom. The van der Waals surface area contributed by atoms with Gasteiger partial charge in [-0.15, -0.1) is 4.40 Å². The summed E-state index contributed by atoms with van der Waals surface area (Å²) in [6.45, 7) is 0.0499. The summed E-state index contributed by atoms with van der Waals surface area (Å²) in [6, 6.07) is 7.56. The number of hydrogen-bond donors (Lipinski definition) is 1. The molecular formula is C11H10N4O3S. The van der Waals surface area contributed by atoms with Gasteiger partial charge in [-0.1, -0.05) is 12.1 Å². The molecule has 0 saturated carbocycles. The molecular weight excluding hydrogens is 268 g/mol. The molecule has 1 N–H and O–H groups in total. The molecule has 0 bridgehead atoms. The highest BCUT2D eigenvalue weighted by Crippen LogP contribution is 2.17. The second-order valence-electron chi connectivity index (χ2n) is 3.90. The van der Waals surface area contributed by atoms with Gasteiger partial charge in [-0.05, 0) is 12.1 Å². The SMILES string of the molecule is CN1CC(=O)N/C1=N\S(=O)(=O)c1ccccc1C#N. The van der Waals surface area contributed by atoms with Crippen molar-refractivity contribution in [3.63, 3.8) is 0 Å². The number of carbonyl (C=O) groups excluding carboxylic acids is 1. The average Bonchev–Trinajstić information content (AvgIpc) is 2.67. The van der Waals surface area contributed by atoms with Crippen molar-refractivity contribution in [3.8, 4) is 6.07 Å². The van der Waals surface area contributed by atoms with Crippen LogP contribution in [0.2, 0.25) is 0 Å². The highest BCUT2D eigenvalue weighted by molar-refractivity contribution is 7.90. The van der Waals surface area contributed by atoms with Crippen molar-refractivity contribution in [1.29, 1.82) is 5.26 Å². The Kier molecular flexibility index (Phi) is 3.23. The topological polar surface area (TPSA) is 103 Å². The summed E-state index contributed by atoms with van der Waals surface area (Å²) in [4.78, 5) is 12.3. The van der Waals surface area contributed by atoms with Gasteiger partial charge in [0.2, 0.25) is 11.9 Å². The van der Waals surface area contributed by atoms with Crippen LogP contribution in [0, 0.1) is 11.3 Å². The lowest BCUT2D eigenvalue weighted by Gasteiger charge is -2.08. The van der Waals surface area contributed by atoms with Gasteiger partial charge in [-0.2, -0.15) is 13.7 Å². The zero-order valence-electron chi connectivity index (χ0n) is 9.99. The molecule has 1 aliphatic heterocycles. The number of nitrogens with one attached hydrogen (secondary N) is 1. The number of nitriles is 1. The lowest BCUT2D eigenvalue weighted by atomic mass is 10.2. The first-order valence-electron chi connectivity index (χ1n) is 5.29. The summed E-state index contributed by atoms with van der Waals surface area (Å²) in [5.41, 5.74) is 0.0128. The van der Waals surface area contributed by atoms with Gasteiger partial charge in [0, 0.05) is 7.05 Å². The third-order valence-electron chi connectivity index (χ3n) is 2.49. The molecule has 1 aromatic rings. The van der Waals surface area contributed by atoms with E-state index in [1.807, 2.05) is 0 Å². The van der Waals surface area contributed by atoms with E-state index in [0.717, 1.165) is 0 Å². The van der Waals surface area contributed by atoms with Crippen LogP contribution in [0.1, 0.15) is 5.56 Å². The summed E-state index contributed by atoms with van der Waals surface area (Å²) in [7, 11) is -2.49. The monoisotopic (exact) mass is 278 g/mol. The highest BCUT2D eigenvalue weighted by Gasteiger charge is 2.26. The van der Waals surface area contributed by atoms with Crippen molar-refractivity contribution in [1.82, 2.24) is 10.2 Å². The Morgan fingerprint density at radius 3 is 2.68 bits per heavy atom. The summed E-state index contributed by atoms with van der Waals surface area (Å²) >= 11 is 0. The minimum Gasteiger partial charge on any atom is -0.335 e. The molecule has 1 aliphatic rings. The summed E-state index contributed by atoms with van der Waals surface area (Å²) in [5.74, 6) is -0.372. The molecule has 98 valence electrons. The largest absolute Gasteiger partial charge is 0.335 e. The molecule has 1 amide bonds. The van der Waals surface area contributed by atoms with Gasteiger partial charge in [0.15, 0.2) is 0 Å². The standard InChI is InChI=1S/C11H10N4O3S/c1-15-7-10(16)13-11(15)14-19(17,18)9-5-3-2-4-8(9)6-12/h2-5H,7H2,1H3,(H,13,14,16). The zero-order valence-corrected chi connectivity index (χ0v) is 10.8. The molecule has 2 rings (SSSR count). The molecule has 1 fully saturated rings. The maximum Gasteiger partial charge on any atom is 0.286 e. The molecule has 7 nitrogen and oxygen atoms in total. The molecule has 8 heteroatoms. The minimum atomic E-state index is -4.03. The van der Waals surface area contributed by atoms with Crippen LogP contribution in [0.5, 0.6) is 0 Å². The maximum atomic E-state index is 12.1. The van der Waals surface area contributed by atoms with Gasteiger partial charge in [-0.25, -0.2) is 0 Å². The first-order chi connectivity index (χ1) is 8.94. The third kappa shape index (κ3) is 2.56. The van der Waals surface area contributed by atoms with Crippen molar-refractivity contribution in [2.75, 3.05) is 13.6 Å². The Hall–Kier alpha value is -2.40. The molecule has 1 heterocycles. The van der Waals surface area contributed by atoms with Crippen molar-refractivity contribution in [3.05, 3.63) is 29.8 Å². The number of carbonyl (C=O) groups is 1. The van der Waals surface area contributed by atoms with Gasteiger partial charge in [0.1, 0.15) is 11.0 Å². The number of sulfonamides is 1. The van der Waals surface area contributed by atoms with E-state index in [1.54, 1.807) is 19.2 Å². The van der Waals surface area contributed by atoms with E-state index in [4.69, 9.17) is 5.26 Å². The summed E-state index contributed by atoms with van der Waals surface area (Å²) in [6.07, 6.45) is 0. The predicted octanol–water partition coefficient (Wildman–Crippen LogP) is -0.335. The van der Waals surface area contributed by atoms with Crippen molar-refractivity contribution >= 4 is 21.9 Å². The van der Waals surface area contributed by atoms with E-state index < -0.39 is 10.0 Å². The molecule has 0 atom stereocenters. The minimum absolute atomic E-state index is 0.0128. The number of amides is 1. The third-order valence-corrected chi connectivity index (χ3v) is 3.81. The van der Waals surface area contributed by atoms with E-state index in [2.05, 4.69) is 9.71 Å². The second-order valence-corrected chi connectivity index (χ2v) is 5.47. The molecule has 0 unspecified atom stereocenters. The number of hydrogen-bond acceptors (Lipinski definition) is 4. The Morgan fingerprint density at radius 2 is 2.11 bits per heavy atom. The van der Waals surface area contributed by atoms with Gasteiger partial charge in [0.05, 0.1) is 12.1 Å². The van der Waals surface area contributed by atoms with E-state index >= 15 is 0 Å². The normalized spacial score (nSPS) is 17.4. The van der Waals surface area contributed by atoms with E-state index in [1.165, 1.54) is 23.1 Å². The molecule has 1 saturated heterocycles. The van der Waals surface area contributed by atoms with Gasteiger partial charge < -0.3 is 4.90 Å². The number of guanidine groups is 1. The van der Waals surface area contributed by atoms with Crippen LogP contribution in [0.25, 0.3) is 0 Å². The molecule has 0 aromatic heterocycles. The highest BCUT2D eigenvalue weighted by atomic mass is 32.2. The van der Waals surface area contributed by atoms with Gasteiger partial charge in [0.25, 0.3) is 10.0 Å². The van der Waals surface area contributed by atoms with Crippen LogP contribution in [0.4, 0.5) is 0 Å². The van der Waals surface area contributed by atoms with Crippen LogP contribution in [-0.4, -0.2) is 38.8 Å². The van der Waals surface area contributed by atoms with Crippen molar-refractivity contribution < 1.29 is 13.2 Å². The second kappa shape index (κ2) is 4.70. The van der Waals surface area contributed by atoms with Crippen molar-refractivity contribution in [2.24, 2.45) is 4.40 Å². The van der Waals surface area contributed by atoms with Crippen LogP contribution in [0.15, 0.2) is 33.6 Å². The van der Waals surface area contributed by atoms with E-state index in [-0.39, 0.29) is 28.9 Å². The molecule has 19 heavy (non-hydrogen) atoms. The molecule has 0 radical (unpaired) electrons. The summed E-state index contributed by atoms with van der Waals surface area (Å²) < 4.78 is 27.8. The number of likely N-dealkylation sites (N-methyl/N-ethyl adjacent to an activating group) is 1. The predicted molar refractivity (Wildman–Crippen MR) is 66.6 cm³/mol. The lowest BCUT2D eigenvalue weighted by Crippen LogP contribution is -2.28. The van der Waals surface area contributed by atoms with Crippen LogP contribution in [0.3, 0.4) is 0 Å². The fraction of sp³-hybridized carbons (Fsp3) is 0.182. The number of rotatable bonds is 2. The number of benzene rings is 1. The Bertz CT molecular complexity index is 703. The van der Waals surface area contributed by atoms with Crippen molar-refractivity contribution in [2.45, 2.75) is 4.90 Å². The van der Waals surface area contributed by atoms with Crippen LogP contribution in [-0.2, 0) is 14.8 Å². The molecule has 0 spiro atoms. The van der Waals surface area contributed by atoms with Crippen LogP contribution >= 0.6 is 0 Å². The fourth-order valence-corrected chi connectivity index (χ4v) is 2.74. The summed E-state index contributed by atoms with van der Waals surface area (Å²) in [5, 5.41) is 11.2. The number of nitrogens with zero attached hydrogens (tertiary/aromatic N) is 3. The van der Waals surface area contributed by atoms with Gasteiger partial charge >= 0.3 is 0 Å². The van der Waals surface area contributed by atoms with E-state index in [0.29, 0.717) is 0 Å². The first kappa shape index (κ1) is 13.0.